The highest BCUT2D eigenvalue weighted by Gasteiger charge is 2.09. The third-order valence-corrected chi connectivity index (χ3v) is 3.65. The van der Waals surface area contributed by atoms with E-state index in [-0.39, 0.29) is 0 Å². The maximum Gasteiger partial charge on any atom is 0.0950 e. The van der Waals surface area contributed by atoms with Gasteiger partial charge in [0.25, 0.3) is 0 Å². The number of benzene rings is 2. The van der Waals surface area contributed by atoms with Crippen molar-refractivity contribution in [2.75, 3.05) is 0 Å². The van der Waals surface area contributed by atoms with Crippen molar-refractivity contribution in [2.45, 2.75) is 6.92 Å². The standard InChI is InChI=1S/C17H13N3/c1-12-6-8-13(9-7-12)16-10-14-4-2-3-5-15(14)17-11-18-19-20(16)17/h2-11H,1H3. The molecular weight excluding hydrogens is 246 g/mol. The second-order valence-electron chi connectivity index (χ2n) is 5.01. The summed E-state index contributed by atoms with van der Waals surface area (Å²) >= 11 is 0. The number of pyridine rings is 1. The predicted molar refractivity (Wildman–Crippen MR) is 80.7 cm³/mol. The van der Waals surface area contributed by atoms with Crippen molar-refractivity contribution in [3.63, 3.8) is 0 Å². The Morgan fingerprint density at radius 3 is 2.60 bits per heavy atom. The summed E-state index contributed by atoms with van der Waals surface area (Å²) in [4.78, 5) is 0. The monoisotopic (exact) mass is 259 g/mol. The van der Waals surface area contributed by atoms with Crippen molar-refractivity contribution in [2.24, 2.45) is 0 Å². The fourth-order valence-electron chi connectivity index (χ4n) is 2.59. The first kappa shape index (κ1) is 11.2. The van der Waals surface area contributed by atoms with Crippen molar-refractivity contribution in [1.82, 2.24) is 14.8 Å². The number of aromatic nitrogens is 3. The lowest BCUT2D eigenvalue weighted by Crippen LogP contribution is -1.95. The lowest BCUT2D eigenvalue weighted by molar-refractivity contribution is 0.864. The molecule has 0 atom stereocenters. The van der Waals surface area contributed by atoms with Gasteiger partial charge in [0.1, 0.15) is 0 Å². The van der Waals surface area contributed by atoms with Gasteiger partial charge < -0.3 is 0 Å². The van der Waals surface area contributed by atoms with Crippen molar-refractivity contribution < 1.29 is 0 Å². The molecule has 0 unspecified atom stereocenters. The number of hydrogen-bond donors (Lipinski definition) is 0. The van der Waals surface area contributed by atoms with Gasteiger partial charge >= 0.3 is 0 Å². The molecule has 2 heterocycles. The van der Waals surface area contributed by atoms with Gasteiger partial charge in [0.2, 0.25) is 0 Å². The van der Waals surface area contributed by atoms with Crippen LogP contribution in [0.5, 0.6) is 0 Å². The van der Waals surface area contributed by atoms with E-state index < -0.39 is 0 Å². The summed E-state index contributed by atoms with van der Waals surface area (Å²) in [6, 6.07) is 19.0. The molecule has 0 aliphatic carbocycles. The number of hydrogen-bond acceptors (Lipinski definition) is 2. The maximum atomic E-state index is 4.23. The first-order valence-electron chi connectivity index (χ1n) is 6.62. The van der Waals surface area contributed by atoms with Crippen LogP contribution < -0.4 is 0 Å². The fraction of sp³-hybridized carbons (Fsp3) is 0.0588. The number of aryl methyl sites for hydroxylation is 1. The lowest BCUT2D eigenvalue weighted by Gasteiger charge is -2.08. The van der Waals surface area contributed by atoms with Crippen molar-refractivity contribution >= 4 is 16.3 Å². The van der Waals surface area contributed by atoms with Crippen LogP contribution in [0.2, 0.25) is 0 Å². The Labute approximate surface area is 116 Å². The summed E-state index contributed by atoms with van der Waals surface area (Å²) in [6.45, 7) is 2.09. The molecule has 2 aromatic heterocycles. The van der Waals surface area contributed by atoms with E-state index in [1.54, 1.807) is 0 Å². The highest BCUT2D eigenvalue weighted by Crippen LogP contribution is 2.27. The molecule has 96 valence electrons. The largest absolute Gasteiger partial charge is 0.212 e. The van der Waals surface area contributed by atoms with Crippen LogP contribution in [0.1, 0.15) is 5.56 Å². The van der Waals surface area contributed by atoms with Gasteiger partial charge in [0.15, 0.2) is 0 Å². The summed E-state index contributed by atoms with van der Waals surface area (Å²) in [5.74, 6) is 0. The minimum atomic E-state index is 1.04. The van der Waals surface area contributed by atoms with E-state index in [4.69, 9.17) is 0 Å². The summed E-state index contributed by atoms with van der Waals surface area (Å²) in [5, 5.41) is 10.7. The Balaban J connectivity index is 2.11. The van der Waals surface area contributed by atoms with E-state index in [1.807, 2.05) is 16.8 Å². The van der Waals surface area contributed by atoms with Crippen molar-refractivity contribution in [1.29, 1.82) is 0 Å². The molecule has 4 rings (SSSR count). The van der Waals surface area contributed by atoms with Crippen LogP contribution in [0, 0.1) is 6.92 Å². The van der Waals surface area contributed by atoms with E-state index in [2.05, 4.69) is 65.8 Å². The second kappa shape index (κ2) is 4.17. The van der Waals surface area contributed by atoms with E-state index in [1.165, 1.54) is 16.3 Å². The van der Waals surface area contributed by atoms with E-state index in [0.29, 0.717) is 0 Å². The Bertz CT molecular complexity index is 904. The van der Waals surface area contributed by atoms with Gasteiger partial charge in [-0.05, 0) is 18.4 Å². The zero-order valence-electron chi connectivity index (χ0n) is 11.1. The van der Waals surface area contributed by atoms with Crippen LogP contribution >= 0.6 is 0 Å². The van der Waals surface area contributed by atoms with Crippen molar-refractivity contribution in [3.05, 3.63) is 66.4 Å². The fourth-order valence-corrected chi connectivity index (χ4v) is 2.59. The third kappa shape index (κ3) is 1.60. The molecule has 0 N–H and O–H groups in total. The van der Waals surface area contributed by atoms with Gasteiger partial charge in [-0.15, -0.1) is 5.10 Å². The van der Waals surface area contributed by atoms with Gasteiger partial charge in [-0.25, -0.2) is 4.52 Å². The summed E-state index contributed by atoms with van der Waals surface area (Å²) in [7, 11) is 0. The van der Waals surface area contributed by atoms with Crippen LogP contribution in [-0.4, -0.2) is 14.8 Å². The number of fused-ring (bicyclic) bond motifs is 3. The topological polar surface area (TPSA) is 30.2 Å². The van der Waals surface area contributed by atoms with E-state index in [9.17, 15) is 0 Å². The van der Waals surface area contributed by atoms with Crippen LogP contribution in [0.4, 0.5) is 0 Å². The summed E-state index contributed by atoms with van der Waals surface area (Å²) < 4.78 is 1.91. The highest BCUT2D eigenvalue weighted by molar-refractivity contribution is 5.97. The van der Waals surface area contributed by atoms with Crippen LogP contribution in [0.25, 0.3) is 27.5 Å². The SMILES string of the molecule is Cc1ccc(-c2cc3ccccc3c3cnnn23)cc1. The molecule has 3 nitrogen and oxygen atoms in total. The molecule has 0 saturated heterocycles. The Hall–Kier alpha value is -2.68. The van der Waals surface area contributed by atoms with Gasteiger partial charge in [-0.2, -0.15) is 0 Å². The lowest BCUT2D eigenvalue weighted by atomic mass is 10.1. The van der Waals surface area contributed by atoms with Gasteiger partial charge in [0, 0.05) is 10.9 Å². The van der Waals surface area contributed by atoms with Crippen molar-refractivity contribution in [3.8, 4) is 11.3 Å². The summed E-state index contributed by atoms with van der Waals surface area (Å²) in [5.41, 5.74) is 4.51. The van der Waals surface area contributed by atoms with Crippen LogP contribution in [0.3, 0.4) is 0 Å². The molecule has 0 aliphatic rings. The van der Waals surface area contributed by atoms with Gasteiger partial charge in [-0.1, -0.05) is 59.3 Å². The molecule has 20 heavy (non-hydrogen) atoms. The Kier molecular flexibility index (Phi) is 2.33. The molecule has 4 aromatic rings. The predicted octanol–water partition coefficient (Wildman–Crippen LogP) is 3.86. The molecule has 0 spiro atoms. The normalized spacial score (nSPS) is 11.2. The maximum absolute atomic E-state index is 4.23. The van der Waals surface area contributed by atoms with Crippen LogP contribution in [0.15, 0.2) is 60.8 Å². The second-order valence-corrected chi connectivity index (χ2v) is 5.01. The molecule has 0 radical (unpaired) electrons. The third-order valence-electron chi connectivity index (χ3n) is 3.65. The smallest absolute Gasteiger partial charge is 0.0950 e. The molecule has 0 amide bonds. The van der Waals surface area contributed by atoms with E-state index in [0.717, 1.165) is 16.8 Å². The molecule has 0 saturated carbocycles. The molecule has 2 aromatic carbocycles. The molecule has 0 fully saturated rings. The molecule has 0 aliphatic heterocycles. The minimum Gasteiger partial charge on any atom is -0.212 e. The quantitative estimate of drug-likeness (QED) is 0.519. The molecule has 3 heteroatoms. The Morgan fingerprint density at radius 2 is 1.75 bits per heavy atom. The average molecular weight is 259 g/mol. The average Bonchev–Trinajstić information content (AvgIpc) is 2.97. The first-order valence-corrected chi connectivity index (χ1v) is 6.62. The minimum absolute atomic E-state index is 1.04. The van der Waals surface area contributed by atoms with Gasteiger partial charge in [-0.3, -0.25) is 0 Å². The number of rotatable bonds is 1. The number of nitrogens with zero attached hydrogens (tertiary/aromatic N) is 3. The highest BCUT2D eigenvalue weighted by atomic mass is 15.4. The van der Waals surface area contributed by atoms with E-state index >= 15 is 0 Å². The zero-order chi connectivity index (χ0) is 13.5. The van der Waals surface area contributed by atoms with Gasteiger partial charge in [0.05, 0.1) is 17.4 Å². The molecule has 0 bridgehead atoms. The summed E-state index contributed by atoms with van der Waals surface area (Å²) in [6.07, 6.45) is 1.82. The first-order chi connectivity index (χ1) is 9.83. The van der Waals surface area contributed by atoms with Crippen LogP contribution in [-0.2, 0) is 0 Å². The Morgan fingerprint density at radius 1 is 0.950 bits per heavy atom. The zero-order valence-corrected chi connectivity index (χ0v) is 11.1. The molecular formula is C17H13N3.